The largest absolute Gasteiger partial charge is 0.283 e. The average Bonchev–Trinajstić information content (AvgIpc) is 2.03. The molecule has 0 unspecified atom stereocenters. The molecule has 56 valence electrons. The van der Waals surface area contributed by atoms with E-state index in [4.69, 9.17) is 5.26 Å². The molecule has 0 saturated heterocycles. The molecule has 0 fully saturated rings. The van der Waals surface area contributed by atoms with E-state index in [0.717, 1.165) is 5.69 Å². The van der Waals surface area contributed by atoms with Crippen LogP contribution in [0, 0.1) is 18.4 Å². The SMILES string of the molecule is Cc1cccc(N(C)C#N)c1. The highest BCUT2D eigenvalue weighted by atomic mass is 15.1. The fourth-order valence-corrected chi connectivity index (χ4v) is 0.894. The smallest absolute Gasteiger partial charge is 0.183 e. The number of aryl methyl sites for hydroxylation is 1. The number of hydrogen-bond acceptors (Lipinski definition) is 2. The van der Waals surface area contributed by atoms with Crippen LogP contribution < -0.4 is 4.90 Å². The summed E-state index contributed by atoms with van der Waals surface area (Å²) >= 11 is 0. The van der Waals surface area contributed by atoms with E-state index in [2.05, 4.69) is 0 Å². The van der Waals surface area contributed by atoms with Gasteiger partial charge in [0.1, 0.15) is 0 Å². The third-order valence-electron chi connectivity index (χ3n) is 1.54. The fourth-order valence-electron chi connectivity index (χ4n) is 0.894. The van der Waals surface area contributed by atoms with Crippen LogP contribution in [0.4, 0.5) is 5.69 Å². The average molecular weight is 146 g/mol. The van der Waals surface area contributed by atoms with Gasteiger partial charge < -0.3 is 0 Å². The number of nitriles is 1. The van der Waals surface area contributed by atoms with Gasteiger partial charge in [0.15, 0.2) is 6.19 Å². The minimum absolute atomic E-state index is 0.938. The zero-order chi connectivity index (χ0) is 8.27. The zero-order valence-corrected chi connectivity index (χ0v) is 6.70. The van der Waals surface area contributed by atoms with E-state index in [9.17, 15) is 0 Å². The van der Waals surface area contributed by atoms with Gasteiger partial charge in [0, 0.05) is 7.05 Å². The highest BCUT2D eigenvalue weighted by Gasteiger charge is 1.96. The summed E-state index contributed by atoms with van der Waals surface area (Å²) < 4.78 is 0. The second-order valence-corrected chi connectivity index (χ2v) is 2.50. The second-order valence-electron chi connectivity index (χ2n) is 2.50. The van der Waals surface area contributed by atoms with Crippen molar-refractivity contribution >= 4 is 5.69 Å². The maximum atomic E-state index is 8.56. The Hall–Kier alpha value is -1.49. The summed E-state index contributed by atoms with van der Waals surface area (Å²) in [4.78, 5) is 1.53. The Morgan fingerprint density at radius 2 is 2.18 bits per heavy atom. The van der Waals surface area contributed by atoms with Crippen LogP contribution in [0.2, 0.25) is 0 Å². The van der Waals surface area contributed by atoms with Crippen molar-refractivity contribution in [1.82, 2.24) is 0 Å². The molecule has 11 heavy (non-hydrogen) atoms. The molecule has 0 aromatic heterocycles. The van der Waals surface area contributed by atoms with Crippen LogP contribution >= 0.6 is 0 Å². The molecule has 0 aliphatic carbocycles. The standard InChI is InChI=1S/C9H10N2/c1-8-4-3-5-9(6-8)11(2)7-10/h3-6H,1-2H3. The van der Waals surface area contributed by atoms with E-state index < -0.39 is 0 Å². The number of hydrogen-bond donors (Lipinski definition) is 0. The van der Waals surface area contributed by atoms with Crippen molar-refractivity contribution in [2.24, 2.45) is 0 Å². The Morgan fingerprint density at radius 1 is 1.45 bits per heavy atom. The van der Waals surface area contributed by atoms with Gasteiger partial charge in [0.2, 0.25) is 0 Å². The Bertz CT molecular complexity index is 286. The number of nitrogens with zero attached hydrogens (tertiary/aromatic N) is 2. The molecule has 0 bridgehead atoms. The number of rotatable bonds is 1. The van der Waals surface area contributed by atoms with Crippen LogP contribution in [-0.4, -0.2) is 7.05 Å². The molecule has 2 heteroatoms. The first kappa shape index (κ1) is 7.62. The van der Waals surface area contributed by atoms with Crippen molar-refractivity contribution in [3.8, 4) is 6.19 Å². The molecular weight excluding hydrogens is 136 g/mol. The molecule has 2 nitrogen and oxygen atoms in total. The van der Waals surface area contributed by atoms with Crippen molar-refractivity contribution in [3.63, 3.8) is 0 Å². The lowest BCUT2D eigenvalue weighted by atomic mass is 10.2. The van der Waals surface area contributed by atoms with Crippen LogP contribution in [0.15, 0.2) is 24.3 Å². The fraction of sp³-hybridized carbons (Fsp3) is 0.222. The number of benzene rings is 1. The third kappa shape index (κ3) is 1.71. The van der Waals surface area contributed by atoms with Crippen molar-refractivity contribution < 1.29 is 0 Å². The van der Waals surface area contributed by atoms with E-state index in [0.29, 0.717) is 0 Å². The van der Waals surface area contributed by atoms with Gasteiger partial charge in [-0.1, -0.05) is 12.1 Å². The maximum Gasteiger partial charge on any atom is 0.183 e. The normalized spacial score (nSPS) is 8.82. The van der Waals surface area contributed by atoms with Crippen LogP contribution in [0.25, 0.3) is 0 Å². The summed E-state index contributed by atoms with van der Waals surface area (Å²) in [6.45, 7) is 2.01. The lowest BCUT2D eigenvalue weighted by Gasteiger charge is -2.08. The predicted octanol–water partition coefficient (Wildman–Crippen LogP) is 1.91. The van der Waals surface area contributed by atoms with Crippen LogP contribution in [0.1, 0.15) is 5.56 Å². The first-order valence-electron chi connectivity index (χ1n) is 3.44. The summed E-state index contributed by atoms with van der Waals surface area (Å²) in [7, 11) is 1.74. The molecule has 0 spiro atoms. The molecule has 0 aliphatic heterocycles. The van der Waals surface area contributed by atoms with Crippen molar-refractivity contribution in [2.45, 2.75) is 6.92 Å². The van der Waals surface area contributed by atoms with E-state index >= 15 is 0 Å². The molecule has 1 aromatic carbocycles. The molecule has 0 atom stereocenters. The maximum absolute atomic E-state index is 8.56. The quantitative estimate of drug-likeness (QED) is 0.447. The highest BCUT2D eigenvalue weighted by Crippen LogP contribution is 2.12. The molecular formula is C9H10N2. The van der Waals surface area contributed by atoms with Gasteiger partial charge in [0.25, 0.3) is 0 Å². The minimum Gasteiger partial charge on any atom is -0.283 e. The highest BCUT2D eigenvalue weighted by molar-refractivity contribution is 5.50. The van der Waals surface area contributed by atoms with E-state index in [1.165, 1.54) is 10.5 Å². The molecule has 0 heterocycles. The first-order valence-corrected chi connectivity index (χ1v) is 3.44. The van der Waals surface area contributed by atoms with Crippen LogP contribution in [0.3, 0.4) is 0 Å². The number of anilines is 1. The molecule has 0 aliphatic rings. The Balaban J connectivity index is 2.98. The summed E-state index contributed by atoms with van der Waals surface area (Å²) in [5.74, 6) is 0. The van der Waals surface area contributed by atoms with Crippen molar-refractivity contribution in [3.05, 3.63) is 29.8 Å². The van der Waals surface area contributed by atoms with Crippen LogP contribution in [0.5, 0.6) is 0 Å². The van der Waals surface area contributed by atoms with Gasteiger partial charge in [-0.3, -0.25) is 4.90 Å². The summed E-state index contributed by atoms with van der Waals surface area (Å²) in [6, 6.07) is 7.84. The summed E-state index contributed by atoms with van der Waals surface area (Å²) in [5.41, 5.74) is 2.11. The molecule has 0 saturated carbocycles. The van der Waals surface area contributed by atoms with Crippen LogP contribution in [-0.2, 0) is 0 Å². The Morgan fingerprint density at radius 3 is 2.73 bits per heavy atom. The van der Waals surface area contributed by atoms with Gasteiger partial charge in [0.05, 0.1) is 5.69 Å². The van der Waals surface area contributed by atoms with Crippen molar-refractivity contribution in [2.75, 3.05) is 11.9 Å². The lowest BCUT2D eigenvalue weighted by Crippen LogP contribution is -2.07. The lowest BCUT2D eigenvalue weighted by molar-refractivity contribution is 1.20. The molecule has 1 aromatic rings. The molecule has 1 rings (SSSR count). The van der Waals surface area contributed by atoms with E-state index in [1.54, 1.807) is 7.05 Å². The summed E-state index contributed by atoms with van der Waals surface area (Å²) in [6.07, 6.45) is 2.04. The summed E-state index contributed by atoms with van der Waals surface area (Å²) in [5, 5.41) is 8.56. The second kappa shape index (κ2) is 3.07. The topological polar surface area (TPSA) is 27.0 Å². The van der Waals surface area contributed by atoms with Gasteiger partial charge in [-0.05, 0) is 24.6 Å². The molecule has 0 amide bonds. The first-order chi connectivity index (χ1) is 5.24. The van der Waals surface area contributed by atoms with E-state index in [1.807, 2.05) is 37.4 Å². The molecule has 0 N–H and O–H groups in total. The minimum atomic E-state index is 0.938. The van der Waals surface area contributed by atoms with Gasteiger partial charge in [-0.2, -0.15) is 5.26 Å². The van der Waals surface area contributed by atoms with Crippen molar-refractivity contribution in [1.29, 1.82) is 5.26 Å². The molecule has 0 radical (unpaired) electrons. The van der Waals surface area contributed by atoms with Gasteiger partial charge in [-0.25, -0.2) is 0 Å². The third-order valence-corrected chi connectivity index (χ3v) is 1.54. The predicted molar refractivity (Wildman–Crippen MR) is 45.2 cm³/mol. The Kier molecular flexibility index (Phi) is 2.12. The van der Waals surface area contributed by atoms with Gasteiger partial charge >= 0.3 is 0 Å². The zero-order valence-electron chi connectivity index (χ0n) is 6.70. The van der Waals surface area contributed by atoms with E-state index in [-0.39, 0.29) is 0 Å². The Labute approximate surface area is 66.7 Å². The monoisotopic (exact) mass is 146 g/mol. The van der Waals surface area contributed by atoms with Gasteiger partial charge in [-0.15, -0.1) is 0 Å².